The summed E-state index contributed by atoms with van der Waals surface area (Å²) in [6.45, 7) is 12.2. The molecule has 0 atom stereocenters. The smallest absolute Gasteiger partial charge is 0.256 e. The summed E-state index contributed by atoms with van der Waals surface area (Å²) >= 11 is 0. The zero-order chi connectivity index (χ0) is 23.7. The Kier molecular flexibility index (Phi) is 9.88. The first kappa shape index (κ1) is 25.6. The van der Waals surface area contributed by atoms with Crippen molar-refractivity contribution >= 4 is 11.7 Å². The molecule has 0 bridgehead atoms. The van der Waals surface area contributed by atoms with E-state index in [1.54, 1.807) is 14.0 Å². The van der Waals surface area contributed by atoms with Gasteiger partial charge in [0, 0.05) is 25.3 Å². The molecule has 0 spiro atoms. The third kappa shape index (κ3) is 7.18. The van der Waals surface area contributed by atoms with Gasteiger partial charge in [0.1, 0.15) is 17.3 Å². The number of nitrogens with one attached hydrogen (secondary N) is 1. The zero-order valence-electron chi connectivity index (χ0n) is 20.3. The van der Waals surface area contributed by atoms with E-state index in [-0.39, 0.29) is 5.91 Å². The Morgan fingerprint density at radius 1 is 1.25 bits per heavy atom. The predicted octanol–water partition coefficient (Wildman–Crippen LogP) is 4.70. The number of hydrogen-bond donors (Lipinski definition) is 1. The molecule has 1 N–H and O–H groups in total. The van der Waals surface area contributed by atoms with Crippen LogP contribution in [0, 0.1) is 5.92 Å². The van der Waals surface area contributed by atoms with E-state index < -0.39 is 0 Å². The van der Waals surface area contributed by atoms with Gasteiger partial charge in [-0.1, -0.05) is 24.8 Å². The molecule has 1 aromatic rings. The first-order valence-corrected chi connectivity index (χ1v) is 11.1. The van der Waals surface area contributed by atoms with E-state index in [1.807, 2.05) is 52.2 Å². The number of amides is 1. The average molecular weight is 440 g/mol. The molecule has 6 heteroatoms. The van der Waals surface area contributed by atoms with Crippen LogP contribution in [-0.2, 0) is 16.0 Å². The van der Waals surface area contributed by atoms with Crippen LogP contribution >= 0.6 is 0 Å². The summed E-state index contributed by atoms with van der Waals surface area (Å²) in [5.41, 5.74) is 4.62. The summed E-state index contributed by atoms with van der Waals surface area (Å²) in [4.78, 5) is 19.5. The van der Waals surface area contributed by atoms with Crippen molar-refractivity contribution in [1.29, 1.82) is 0 Å². The third-order valence-corrected chi connectivity index (χ3v) is 5.56. The summed E-state index contributed by atoms with van der Waals surface area (Å²) in [5, 5.41) is 2.89. The van der Waals surface area contributed by atoms with Crippen molar-refractivity contribution in [2.24, 2.45) is 10.9 Å². The molecule has 1 fully saturated rings. The molecule has 0 aliphatic carbocycles. The number of amidine groups is 1. The van der Waals surface area contributed by atoms with Gasteiger partial charge in [-0.15, -0.1) is 0 Å². The second-order valence-electron chi connectivity index (χ2n) is 8.32. The lowest BCUT2D eigenvalue weighted by molar-refractivity contribution is 0.0762. The number of allylic oxidation sites excluding steroid dienone is 3. The average Bonchev–Trinajstić information content (AvgIpc) is 2.78. The van der Waals surface area contributed by atoms with Crippen molar-refractivity contribution in [2.45, 2.75) is 40.2 Å². The van der Waals surface area contributed by atoms with Crippen molar-refractivity contribution in [1.82, 2.24) is 10.2 Å². The molecule has 0 unspecified atom stereocenters. The molecule has 2 rings (SSSR count). The first-order chi connectivity index (χ1) is 15.3. The Morgan fingerprint density at radius 2 is 1.88 bits per heavy atom. The summed E-state index contributed by atoms with van der Waals surface area (Å²) in [6.07, 6.45) is 4.09. The molecule has 1 heterocycles. The van der Waals surface area contributed by atoms with E-state index in [0.717, 1.165) is 43.7 Å². The molecule has 1 amide bonds. The van der Waals surface area contributed by atoms with E-state index >= 15 is 0 Å². The fourth-order valence-electron chi connectivity index (χ4n) is 3.91. The highest BCUT2D eigenvalue weighted by Gasteiger charge is 2.22. The number of carbonyl (C=O) groups excluding carboxylic acids is 1. The van der Waals surface area contributed by atoms with Crippen molar-refractivity contribution in [3.63, 3.8) is 0 Å². The maximum absolute atomic E-state index is 12.7. The molecular formula is C26H37N3O3. The van der Waals surface area contributed by atoms with Crippen molar-refractivity contribution in [3.8, 4) is 0 Å². The van der Waals surface area contributed by atoms with E-state index in [4.69, 9.17) is 14.5 Å². The Morgan fingerprint density at radius 3 is 2.41 bits per heavy atom. The van der Waals surface area contributed by atoms with Gasteiger partial charge in [-0.2, -0.15) is 0 Å². The fourth-order valence-corrected chi connectivity index (χ4v) is 3.91. The maximum atomic E-state index is 12.7. The monoisotopic (exact) mass is 439 g/mol. The third-order valence-electron chi connectivity index (χ3n) is 5.56. The number of methoxy groups -OCH3 is 1. The van der Waals surface area contributed by atoms with E-state index in [0.29, 0.717) is 28.8 Å². The number of rotatable bonds is 8. The lowest BCUT2D eigenvalue weighted by atomic mass is 9.86. The number of aliphatic imine (C=N–C) groups is 1. The number of hydrogen-bond acceptors (Lipinski definition) is 5. The molecule has 174 valence electrons. The van der Waals surface area contributed by atoms with Gasteiger partial charge in [0.15, 0.2) is 0 Å². The normalized spacial score (nSPS) is 16.6. The van der Waals surface area contributed by atoms with Crippen molar-refractivity contribution < 1.29 is 14.3 Å². The summed E-state index contributed by atoms with van der Waals surface area (Å²) in [5.74, 6) is 1.18. The Balaban J connectivity index is 2.24. The summed E-state index contributed by atoms with van der Waals surface area (Å²) in [7, 11) is 5.61. The Hall–Kier alpha value is -2.70. The van der Waals surface area contributed by atoms with E-state index in [1.165, 1.54) is 5.57 Å². The van der Waals surface area contributed by atoms with Crippen molar-refractivity contribution in [2.75, 3.05) is 34.4 Å². The van der Waals surface area contributed by atoms with Gasteiger partial charge in [0.25, 0.3) is 5.91 Å². The minimum atomic E-state index is -0.196. The van der Waals surface area contributed by atoms with Gasteiger partial charge >= 0.3 is 0 Å². The van der Waals surface area contributed by atoms with Crippen molar-refractivity contribution in [3.05, 3.63) is 70.6 Å². The van der Waals surface area contributed by atoms with Gasteiger partial charge in [0.05, 0.1) is 7.11 Å². The van der Waals surface area contributed by atoms with E-state index in [2.05, 4.69) is 22.9 Å². The quantitative estimate of drug-likeness (QED) is 0.276. The number of ether oxygens (including phenoxy) is 2. The molecule has 6 nitrogen and oxygen atoms in total. The number of carbonyl (C=O) groups is 1. The van der Waals surface area contributed by atoms with Gasteiger partial charge in [-0.25, -0.2) is 4.99 Å². The first-order valence-electron chi connectivity index (χ1n) is 11.1. The second kappa shape index (κ2) is 12.4. The lowest BCUT2D eigenvalue weighted by Crippen LogP contribution is -2.28. The Labute approximate surface area is 192 Å². The standard InChI is InChI=1S/C26H37N3O3/c1-8-24(22-13-15-32-16-14-22)18(2)25(19(3)31-7)27-20(4)28-26(30)23-11-9-21(10-12-23)17-29(5)6/h8-12,22H,3,13-17H2,1-2,4-7H3,(H,27,28,30)/b24-8+,25-18+. The largest absolute Gasteiger partial charge is 0.495 e. The summed E-state index contributed by atoms with van der Waals surface area (Å²) in [6, 6.07) is 7.60. The second-order valence-corrected chi connectivity index (χ2v) is 8.32. The molecule has 32 heavy (non-hydrogen) atoms. The minimum Gasteiger partial charge on any atom is -0.495 e. The molecule has 0 aromatic heterocycles. The lowest BCUT2D eigenvalue weighted by Gasteiger charge is -2.26. The van der Waals surface area contributed by atoms with Gasteiger partial charge in [-0.05, 0) is 82.5 Å². The molecule has 0 radical (unpaired) electrons. The van der Waals surface area contributed by atoms with Crippen LogP contribution in [0.2, 0.25) is 0 Å². The zero-order valence-corrected chi connectivity index (χ0v) is 20.3. The highest BCUT2D eigenvalue weighted by atomic mass is 16.5. The topological polar surface area (TPSA) is 63.2 Å². The molecular weight excluding hydrogens is 402 g/mol. The van der Waals surface area contributed by atoms with Gasteiger partial charge < -0.3 is 19.7 Å². The summed E-state index contributed by atoms with van der Waals surface area (Å²) < 4.78 is 10.9. The van der Waals surface area contributed by atoms with Crippen LogP contribution in [0.15, 0.2) is 64.5 Å². The van der Waals surface area contributed by atoms with Crippen LogP contribution in [0.4, 0.5) is 0 Å². The molecule has 1 aromatic carbocycles. The fraction of sp³-hybridized carbons (Fsp3) is 0.462. The number of benzene rings is 1. The highest BCUT2D eigenvalue weighted by Crippen LogP contribution is 2.32. The number of nitrogens with zero attached hydrogens (tertiary/aromatic N) is 2. The van der Waals surface area contributed by atoms with Crippen LogP contribution in [0.5, 0.6) is 0 Å². The molecule has 1 aliphatic heterocycles. The minimum absolute atomic E-state index is 0.196. The highest BCUT2D eigenvalue weighted by molar-refractivity contribution is 6.06. The Bertz CT molecular complexity index is 889. The van der Waals surface area contributed by atoms with Crippen LogP contribution in [-0.4, -0.2) is 51.1 Å². The molecule has 1 aliphatic rings. The van der Waals surface area contributed by atoms with Crippen LogP contribution in [0.1, 0.15) is 49.5 Å². The van der Waals surface area contributed by atoms with Crippen LogP contribution in [0.3, 0.4) is 0 Å². The molecule has 1 saturated heterocycles. The van der Waals surface area contributed by atoms with Crippen LogP contribution in [0.25, 0.3) is 0 Å². The predicted molar refractivity (Wildman–Crippen MR) is 131 cm³/mol. The van der Waals surface area contributed by atoms with Gasteiger partial charge in [0.2, 0.25) is 0 Å². The molecule has 0 saturated carbocycles. The van der Waals surface area contributed by atoms with Gasteiger partial charge in [-0.3, -0.25) is 4.79 Å². The van der Waals surface area contributed by atoms with E-state index in [9.17, 15) is 4.79 Å². The van der Waals surface area contributed by atoms with Crippen LogP contribution < -0.4 is 5.32 Å². The SMILES string of the molecule is C=C(OC)C(/N=C(\C)NC(=O)c1ccc(CN(C)C)cc1)=C(C)\C(=C/C)C1CCOCC1. The maximum Gasteiger partial charge on any atom is 0.256 e.